The van der Waals surface area contributed by atoms with Gasteiger partial charge in [-0.15, -0.1) is 0 Å². The lowest BCUT2D eigenvalue weighted by molar-refractivity contribution is -0.149. The third kappa shape index (κ3) is 2.62. The van der Waals surface area contributed by atoms with Crippen molar-refractivity contribution in [3.8, 4) is 5.75 Å². The van der Waals surface area contributed by atoms with E-state index in [2.05, 4.69) is 0 Å². The molecule has 0 aromatic heterocycles. The number of alkyl halides is 3. The van der Waals surface area contributed by atoms with Crippen molar-refractivity contribution < 1.29 is 17.9 Å². The second kappa shape index (κ2) is 4.10. The SMILES string of the molecule is COc1ccc(C)cc1C(N)C(F)(F)F. The van der Waals surface area contributed by atoms with Crippen molar-refractivity contribution in [1.82, 2.24) is 0 Å². The molecule has 0 aliphatic rings. The monoisotopic (exact) mass is 219 g/mol. The summed E-state index contributed by atoms with van der Waals surface area (Å²) < 4.78 is 42.0. The molecule has 1 aromatic rings. The van der Waals surface area contributed by atoms with Crippen LogP contribution in [0.5, 0.6) is 5.75 Å². The van der Waals surface area contributed by atoms with Gasteiger partial charge in [-0.2, -0.15) is 13.2 Å². The van der Waals surface area contributed by atoms with Gasteiger partial charge >= 0.3 is 6.18 Å². The Morgan fingerprint density at radius 2 is 1.93 bits per heavy atom. The second-order valence-corrected chi connectivity index (χ2v) is 3.26. The largest absolute Gasteiger partial charge is 0.496 e. The summed E-state index contributed by atoms with van der Waals surface area (Å²) in [7, 11) is 1.32. The van der Waals surface area contributed by atoms with E-state index in [-0.39, 0.29) is 11.3 Å². The van der Waals surface area contributed by atoms with E-state index in [1.165, 1.54) is 19.2 Å². The summed E-state index contributed by atoms with van der Waals surface area (Å²) in [4.78, 5) is 0. The fourth-order valence-corrected chi connectivity index (χ4v) is 1.27. The number of benzene rings is 1. The molecule has 2 N–H and O–H groups in total. The number of aryl methyl sites for hydroxylation is 1. The maximum Gasteiger partial charge on any atom is 0.407 e. The van der Waals surface area contributed by atoms with Crippen LogP contribution in [-0.2, 0) is 0 Å². The molecule has 84 valence electrons. The van der Waals surface area contributed by atoms with Gasteiger partial charge in [0.05, 0.1) is 7.11 Å². The summed E-state index contributed by atoms with van der Waals surface area (Å²) in [5.41, 5.74) is 5.79. The number of hydrogen-bond acceptors (Lipinski definition) is 2. The molecule has 0 amide bonds. The smallest absolute Gasteiger partial charge is 0.407 e. The number of methoxy groups -OCH3 is 1. The van der Waals surface area contributed by atoms with Crippen molar-refractivity contribution in [3.05, 3.63) is 29.3 Å². The number of nitrogens with two attached hydrogens (primary N) is 1. The minimum absolute atomic E-state index is 0.0370. The first kappa shape index (κ1) is 11.8. The van der Waals surface area contributed by atoms with Crippen LogP contribution < -0.4 is 10.5 Å². The third-order valence-corrected chi connectivity index (χ3v) is 2.07. The molecule has 0 radical (unpaired) electrons. The maximum absolute atomic E-state index is 12.4. The fourth-order valence-electron chi connectivity index (χ4n) is 1.27. The van der Waals surface area contributed by atoms with Crippen LogP contribution in [-0.4, -0.2) is 13.3 Å². The summed E-state index contributed by atoms with van der Waals surface area (Å²) in [6.07, 6.45) is -4.46. The first-order chi connectivity index (χ1) is 6.86. The van der Waals surface area contributed by atoms with Crippen LogP contribution in [0.1, 0.15) is 17.2 Å². The van der Waals surface area contributed by atoms with Crippen molar-refractivity contribution in [3.63, 3.8) is 0 Å². The molecule has 1 aromatic carbocycles. The Balaban J connectivity index is 3.17. The highest BCUT2D eigenvalue weighted by molar-refractivity contribution is 5.39. The van der Waals surface area contributed by atoms with Crippen molar-refractivity contribution in [1.29, 1.82) is 0 Å². The highest BCUT2D eigenvalue weighted by atomic mass is 19.4. The number of hydrogen-bond donors (Lipinski definition) is 1. The topological polar surface area (TPSA) is 35.2 Å². The zero-order chi connectivity index (χ0) is 11.6. The molecular formula is C10H12F3NO. The van der Waals surface area contributed by atoms with Crippen LogP contribution in [0.3, 0.4) is 0 Å². The standard InChI is InChI=1S/C10H12F3NO/c1-6-3-4-8(15-2)7(5-6)9(14)10(11,12)13/h3-5,9H,14H2,1-2H3. The van der Waals surface area contributed by atoms with Gasteiger partial charge in [-0.05, 0) is 13.0 Å². The molecule has 0 aliphatic carbocycles. The van der Waals surface area contributed by atoms with Gasteiger partial charge < -0.3 is 10.5 Å². The van der Waals surface area contributed by atoms with Crippen molar-refractivity contribution in [2.24, 2.45) is 5.73 Å². The molecule has 0 saturated carbocycles. The van der Waals surface area contributed by atoms with Crippen LogP contribution in [0.2, 0.25) is 0 Å². The summed E-state index contributed by atoms with van der Waals surface area (Å²) in [5.74, 6) is 0.158. The molecule has 0 spiro atoms. The Morgan fingerprint density at radius 1 is 1.33 bits per heavy atom. The van der Waals surface area contributed by atoms with E-state index in [1.54, 1.807) is 13.0 Å². The summed E-state index contributed by atoms with van der Waals surface area (Å²) in [6.45, 7) is 1.70. The minimum Gasteiger partial charge on any atom is -0.496 e. The molecule has 0 bridgehead atoms. The first-order valence-corrected chi connectivity index (χ1v) is 4.33. The Morgan fingerprint density at radius 3 is 2.40 bits per heavy atom. The lowest BCUT2D eigenvalue weighted by Crippen LogP contribution is -2.28. The Kier molecular flexibility index (Phi) is 3.24. The van der Waals surface area contributed by atoms with Gasteiger partial charge in [0.1, 0.15) is 11.8 Å². The van der Waals surface area contributed by atoms with Crippen LogP contribution in [0, 0.1) is 6.92 Å². The van der Waals surface area contributed by atoms with Crippen LogP contribution in [0.25, 0.3) is 0 Å². The molecule has 1 rings (SSSR count). The molecule has 0 heterocycles. The lowest BCUT2D eigenvalue weighted by Gasteiger charge is -2.18. The van der Waals surface area contributed by atoms with E-state index in [0.717, 1.165) is 0 Å². The predicted octanol–water partition coefficient (Wildman–Crippen LogP) is 2.57. The van der Waals surface area contributed by atoms with Gasteiger partial charge in [0.15, 0.2) is 0 Å². The van der Waals surface area contributed by atoms with Gasteiger partial charge in [0.25, 0.3) is 0 Å². The van der Waals surface area contributed by atoms with E-state index in [4.69, 9.17) is 10.5 Å². The Labute approximate surface area is 85.8 Å². The van der Waals surface area contributed by atoms with Crippen molar-refractivity contribution in [2.45, 2.75) is 19.1 Å². The van der Waals surface area contributed by atoms with Gasteiger partial charge in [-0.25, -0.2) is 0 Å². The average Bonchev–Trinajstić information content (AvgIpc) is 2.15. The van der Waals surface area contributed by atoms with Crippen LogP contribution in [0.15, 0.2) is 18.2 Å². The highest BCUT2D eigenvalue weighted by Gasteiger charge is 2.39. The lowest BCUT2D eigenvalue weighted by atomic mass is 10.0. The van der Waals surface area contributed by atoms with E-state index in [9.17, 15) is 13.2 Å². The van der Waals surface area contributed by atoms with Crippen molar-refractivity contribution in [2.75, 3.05) is 7.11 Å². The normalized spacial score (nSPS) is 13.7. The number of ether oxygens (including phenoxy) is 1. The highest BCUT2D eigenvalue weighted by Crippen LogP contribution is 2.35. The van der Waals surface area contributed by atoms with E-state index in [0.29, 0.717) is 5.56 Å². The van der Waals surface area contributed by atoms with Gasteiger partial charge in [-0.3, -0.25) is 0 Å². The van der Waals surface area contributed by atoms with Crippen molar-refractivity contribution >= 4 is 0 Å². The molecule has 15 heavy (non-hydrogen) atoms. The third-order valence-electron chi connectivity index (χ3n) is 2.07. The molecule has 0 aliphatic heterocycles. The Hall–Kier alpha value is -1.23. The molecule has 1 unspecified atom stereocenters. The molecule has 0 fully saturated rings. The van der Waals surface area contributed by atoms with E-state index in [1.807, 2.05) is 0 Å². The van der Waals surface area contributed by atoms with Gasteiger partial charge in [-0.1, -0.05) is 17.7 Å². The second-order valence-electron chi connectivity index (χ2n) is 3.26. The quantitative estimate of drug-likeness (QED) is 0.829. The molecule has 0 saturated heterocycles. The summed E-state index contributed by atoms with van der Waals surface area (Å²) >= 11 is 0. The van der Waals surface area contributed by atoms with Crippen LogP contribution >= 0.6 is 0 Å². The molecular weight excluding hydrogens is 207 g/mol. The predicted molar refractivity (Wildman–Crippen MR) is 50.7 cm³/mol. The maximum atomic E-state index is 12.4. The number of rotatable bonds is 2. The first-order valence-electron chi connectivity index (χ1n) is 4.33. The zero-order valence-corrected chi connectivity index (χ0v) is 8.43. The summed E-state index contributed by atoms with van der Waals surface area (Å²) in [6, 6.07) is 2.53. The molecule has 2 nitrogen and oxygen atoms in total. The van der Waals surface area contributed by atoms with E-state index >= 15 is 0 Å². The minimum atomic E-state index is -4.46. The zero-order valence-electron chi connectivity index (χ0n) is 8.43. The van der Waals surface area contributed by atoms with E-state index < -0.39 is 12.2 Å². The Bertz CT molecular complexity index is 349. The molecule has 5 heteroatoms. The van der Waals surface area contributed by atoms with Crippen LogP contribution in [0.4, 0.5) is 13.2 Å². The number of halogens is 3. The summed E-state index contributed by atoms with van der Waals surface area (Å²) in [5, 5.41) is 0. The fraction of sp³-hybridized carbons (Fsp3) is 0.400. The average molecular weight is 219 g/mol. The van der Waals surface area contributed by atoms with Gasteiger partial charge in [0, 0.05) is 5.56 Å². The molecule has 1 atom stereocenters. The van der Waals surface area contributed by atoms with Gasteiger partial charge in [0.2, 0.25) is 0 Å².